The van der Waals surface area contributed by atoms with Crippen LogP contribution in [0.4, 0.5) is 5.69 Å². The number of benzene rings is 3. The first-order valence-electron chi connectivity index (χ1n) is 9.53. The zero-order chi connectivity index (χ0) is 21.1. The third-order valence-corrected chi connectivity index (χ3v) is 6.63. The van der Waals surface area contributed by atoms with Crippen molar-refractivity contribution in [2.75, 3.05) is 11.4 Å². The highest BCUT2D eigenvalue weighted by Gasteiger charge is 2.26. The van der Waals surface area contributed by atoms with Gasteiger partial charge in [0.1, 0.15) is 5.75 Å². The molecule has 3 rings (SSSR count). The van der Waals surface area contributed by atoms with Crippen molar-refractivity contribution >= 4 is 15.7 Å². The Bertz CT molecular complexity index is 1040. The molecule has 152 valence electrons. The summed E-state index contributed by atoms with van der Waals surface area (Å²) in [5.41, 5.74) is 2.56. The molecule has 0 bridgehead atoms. The number of sulfonamides is 1. The molecule has 3 aromatic carbocycles. The van der Waals surface area contributed by atoms with Gasteiger partial charge in [0.25, 0.3) is 10.0 Å². The lowest BCUT2D eigenvalue weighted by Crippen LogP contribution is -2.30. The Morgan fingerprint density at radius 2 is 1.41 bits per heavy atom. The van der Waals surface area contributed by atoms with Gasteiger partial charge in [0.15, 0.2) is 0 Å². The number of ether oxygens (including phenoxy) is 1. The van der Waals surface area contributed by atoms with Gasteiger partial charge in [0.05, 0.1) is 24.2 Å². The van der Waals surface area contributed by atoms with Crippen LogP contribution in [0.15, 0.2) is 83.8 Å². The maximum Gasteiger partial charge on any atom is 0.264 e. The molecule has 0 spiro atoms. The van der Waals surface area contributed by atoms with Crippen LogP contribution in [0.5, 0.6) is 5.75 Å². The normalized spacial score (nSPS) is 11.9. The quantitative estimate of drug-likeness (QED) is 0.548. The van der Waals surface area contributed by atoms with E-state index in [1.165, 1.54) is 4.31 Å². The molecule has 0 aliphatic heterocycles. The Balaban J connectivity index is 2.03. The van der Waals surface area contributed by atoms with Crippen molar-refractivity contribution in [3.63, 3.8) is 0 Å². The number of rotatable bonds is 6. The highest BCUT2D eigenvalue weighted by Crippen LogP contribution is 2.29. The third kappa shape index (κ3) is 4.80. The number of anilines is 1. The van der Waals surface area contributed by atoms with Crippen LogP contribution in [0, 0.1) is 0 Å². The molecule has 0 N–H and O–H groups in total. The molecule has 3 aromatic rings. The molecule has 0 heterocycles. The molecule has 0 aliphatic carbocycles. The zero-order valence-corrected chi connectivity index (χ0v) is 18.1. The summed E-state index contributed by atoms with van der Waals surface area (Å²) in [6, 6.07) is 23.8. The Hall–Kier alpha value is -2.79. The van der Waals surface area contributed by atoms with Crippen molar-refractivity contribution in [3.8, 4) is 5.75 Å². The number of nitrogens with zero attached hydrogens (tertiary/aromatic N) is 1. The Kier molecular flexibility index (Phi) is 5.99. The van der Waals surface area contributed by atoms with Gasteiger partial charge in [-0.3, -0.25) is 4.31 Å². The lowest BCUT2D eigenvalue weighted by Gasteiger charge is -2.26. The van der Waals surface area contributed by atoms with Crippen LogP contribution >= 0.6 is 0 Å². The fourth-order valence-corrected chi connectivity index (χ4v) is 4.52. The SMILES string of the molecule is COc1ccc(N(Cc2ccccc2)S(=O)(=O)c2ccc(C(C)(C)C)cc2)cc1. The van der Waals surface area contributed by atoms with Gasteiger partial charge in [-0.05, 0) is 52.9 Å². The molecule has 0 unspecified atom stereocenters. The second kappa shape index (κ2) is 8.29. The van der Waals surface area contributed by atoms with Crippen molar-refractivity contribution in [2.24, 2.45) is 0 Å². The summed E-state index contributed by atoms with van der Waals surface area (Å²) < 4.78 is 33.7. The van der Waals surface area contributed by atoms with E-state index in [0.29, 0.717) is 11.4 Å². The summed E-state index contributed by atoms with van der Waals surface area (Å²) in [6.07, 6.45) is 0. The van der Waals surface area contributed by atoms with Crippen molar-refractivity contribution in [1.29, 1.82) is 0 Å². The van der Waals surface area contributed by atoms with Gasteiger partial charge < -0.3 is 4.74 Å². The molecule has 5 heteroatoms. The van der Waals surface area contributed by atoms with Crippen LogP contribution in [0.25, 0.3) is 0 Å². The molecule has 0 atom stereocenters. The van der Waals surface area contributed by atoms with Crippen molar-refractivity contribution in [1.82, 2.24) is 0 Å². The number of hydrogen-bond acceptors (Lipinski definition) is 3. The smallest absolute Gasteiger partial charge is 0.264 e. The molecule has 0 aromatic heterocycles. The predicted molar refractivity (Wildman–Crippen MR) is 118 cm³/mol. The highest BCUT2D eigenvalue weighted by atomic mass is 32.2. The summed E-state index contributed by atoms with van der Waals surface area (Å²) in [4.78, 5) is 0.275. The molecule has 4 nitrogen and oxygen atoms in total. The predicted octanol–water partition coefficient (Wildman–Crippen LogP) is 5.39. The second-order valence-electron chi connectivity index (χ2n) is 7.97. The van der Waals surface area contributed by atoms with E-state index in [9.17, 15) is 8.42 Å². The third-order valence-electron chi connectivity index (χ3n) is 4.84. The Labute approximate surface area is 173 Å². The van der Waals surface area contributed by atoms with Crippen molar-refractivity contribution in [3.05, 3.63) is 90.0 Å². The number of hydrogen-bond donors (Lipinski definition) is 0. The standard InChI is InChI=1S/C24H27NO3S/c1-24(2,3)20-10-16-23(17-11-20)29(26,27)25(18-19-8-6-5-7-9-19)21-12-14-22(28-4)15-13-21/h5-17H,18H2,1-4H3. The average Bonchev–Trinajstić information content (AvgIpc) is 2.72. The molecule has 0 saturated heterocycles. The van der Waals surface area contributed by atoms with E-state index < -0.39 is 10.0 Å². The van der Waals surface area contributed by atoms with Crippen LogP contribution in [0.3, 0.4) is 0 Å². The zero-order valence-electron chi connectivity index (χ0n) is 17.3. The van der Waals surface area contributed by atoms with E-state index in [4.69, 9.17) is 4.74 Å². The first kappa shape index (κ1) is 20.9. The molecular weight excluding hydrogens is 382 g/mol. The van der Waals surface area contributed by atoms with E-state index in [2.05, 4.69) is 20.8 Å². The minimum absolute atomic E-state index is 0.0397. The molecule has 0 aliphatic rings. The fraction of sp³-hybridized carbons (Fsp3) is 0.250. The largest absolute Gasteiger partial charge is 0.497 e. The minimum Gasteiger partial charge on any atom is -0.497 e. The van der Waals surface area contributed by atoms with E-state index in [0.717, 1.165) is 11.1 Å². The molecule has 0 radical (unpaired) electrons. The number of methoxy groups -OCH3 is 1. The van der Waals surface area contributed by atoms with Crippen LogP contribution in [-0.2, 0) is 22.0 Å². The minimum atomic E-state index is -3.74. The Morgan fingerprint density at radius 3 is 1.93 bits per heavy atom. The summed E-state index contributed by atoms with van der Waals surface area (Å²) in [7, 11) is -2.15. The van der Waals surface area contributed by atoms with Crippen LogP contribution in [0.2, 0.25) is 0 Å². The van der Waals surface area contributed by atoms with E-state index in [-0.39, 0.29) is 16.9 Å². The maximum absolute atomic E-state index is 13.5. The van der Waals surface area contributed by atoms with E-state index >= 15 is 0 Å². The van der Waals surface area contributed by atoms with Gasteiger partial charge in [-0.25, -0.2) is 8.42 Å². The topological polar surface area (TPSA) is 46.6 Å². The summed E-state index contributed by atoms with van der Waals surface area (Å²) in [5.74, 6) is 0.681. The molecule has 0 fully saturated rings. The lowest BCUT2D eigenvalue weighted by atomic mass is 9.87. The van der Waals surface area contributed by atoms with Crippen LogP contribution in [0.1, 0.15) is 31.9 Å². The van der Waals surface area contributed by atoms with E-state index in [1.807, 2.05) is 42.5 Å². The van der Waals surface area contributed by atoms with Gasteiger partial charge in [0.2, 0.25) is 0 Å². The van der Waals surface area contributed by atoms with Gasteiger partial charge in [0, 0.05) is 0 Å². The summed E-state index contributed by atoms with van der Waals surface area (Å²) >= 11 is 0. The van der Waals surface area contributed by atoms with E-state index in [1.54, 1.807) is 43.5 Å². The van der Waals surface area contributed by atoms with Gasteiger partial charge >= 0.3 is 0 Å². The van der Waals surface area contributed by atoms with Crippen molar-refractivity contribution < 1.29 is 13.2 Å². The second-order valence-corrected chi connectivity index (χ2v) is 9.83. The summed E-state index contributed by atoms with van der Waals surface area (Å²) in [6.45, 7) is 6.57. The van der Waals surface area contributed by atoms with Crippen molar-refractivity contribution in [2.45, 2.75) is 37.6 Å². The highest BCUT2D eigenvalue weighted by molar-refractivity contribution is 7.92. The monoisotopic (exact) mass is 409 g/mol. The maximum atomic E-state index is 13.5. The Morgan fingerprint density at radius 1 is 0.828 bits per heavy atom. The summed E-state index contributed by atoms with van der Waals surface area (Å²) in [5, 5.41) is 0. The van der Waals surface area contributed by atoms with Crippen LogP contribution < -0.4 is 9.04 Å². The molecule has 0 saturated carbocycles. The van der Waals surface area contributed by atoms with Gasteiger partial charge in [-0.2, -0.15) is 0 Å². The first-order chi connectivity index (χ1) is 13.7. The molecule has 29 heavy (non-hydrogen) atoms. The average molecular weight is 410 g/mol. The fourth-order valence-electron chi connectivity index (χ4n) is 3.07. The van der Waals surface area contributed by atoms with Gasteiger partial charge in [-0.15, -0.1) is 0 Å². The molecular formula is C24H27NO3S. The first-order valence-corrected chi connectivity index (χ1v) is 11.0. The van der Waals surface area contributed by atoms with Crippen LogP contribution in [-0.4, -0.2) is 15.5 Å². The van der Waals surface area contributed by atoms with Gasteiger partial charge in [-0.1, -0.05) is 63.2 Å². The lowest BCUT2D eigenvalue weighted by molar-refractivity contribution is 0.415. The molecule has 0 amide bonds.